The van der Waals surface area contributed by atoms with Crippen LogP contribution >= 0.6 is 15.9 Å². The third-order valence-corrected chi connectivity index (χ3v) is 16.0. The molecule has 2 saturated heterocycles. The molecule has 1 unspecified atom stereocenters. The molecule has 1 aromatic heterocycles. The van der Waals surface area contributed by atoms with E-state index in [1.54, 1.807) is 22.8 Å². The third kappa shape index (κ3) is 6.59. The average molecular weight is 803 g/mol. The summed E-state index contributed by atoms with van der Waals surface area (Å²) in [5, 5.41) is 19.2. The van der Waals surface area contributed by atoms with Gasteiger partial charge in [0.05, 0.1) is 45.6 Å². The standard InChI is InChI=1S/C39H44BrN5O7Si/c1-24-37(53(4,5)31-12-10-30(50-3)11-13-31)34(15-17-43-23-28(16-18-46)41-42-43)52-39(24)32-20-27(40)9-14-33(32)44(38(39)49)22-26-7-6-8-29(19-26)45-35(48)21-36(45)51-25(2)47/h6-14,19-20,23-24,34,36-37,46H,15-18,21-22H2,1-5H3/t24-,34+,36?,37-,39+/m1/s1. The lowest BCUT2D eigenvalue weighted by Gasteiger charge is -2.39. The molecule has 2 amide bonds. The van der Waals surface area contributed by atoms with Crippen molar-refractivity contribution in [1.29, 1.82) is 0 Å². The van der Waals surface area contributed by atoms with Crippen LogP contribution in [0.15, 0.2) is 77.4 Å². The quantitative estimate of drug-likeness (QED) is 0.119. The van der Waals surface area contributed by atoms with Gasteiger partial charge in [0, 0.05) is 54.3 Å². The molecule has 4 aromatic rings. The number of carbonyl (C=O) groups is 3. The number of benzene rings is 3. The Balaban J connectivity index is 1.25. The lowest BCUT2D eigenvalue weighted by molar-refractivity contribution is -0.154. The second-order valence-electron chi connectivity index (χ2n) is 14.6. The van der Waals surface area contributed by atoms with Crippen molar-refractivity contribution in [2.75, 3.05) is 23.5 Å². The molecule has 3 aliphatic rings. The van der Waals surface area contributed by atoms with Crippen LogP contribution in [0.25, 0.3) is 0 Å². The molecule has 1 N–H and O–H groups in total. The summed E-state index contributed by atoms with van der Waals surface area (Å²) < 4.78 is 20.7. The van der Waals surface area contributed by atoms with E-state index in [1.165, 1.54) is 17.0 Å². The Morgan fingerprint density at radius 1 is 1.11 bits per heavy atom. The number of β-lactam (4-membered cyclic amide) rings is 1. The number of methoxy groups -OCH3 is 1. The summed E-state index contributed by atoms with van der Waals surface area (Å²) >= 11 is 3.69. The van der Waals surface area contributed by atoms with E-state index in [9.17, 15) is 14.7 Å². The minimum atomic E-state index is -2.37. The second-order valence-corrected chi connectivity index (χ2v) is 20.2. The van der Waals surface area contributed by atoms with Crippen LogP contribution in [0, 0.1) is 5.92 Å². The summed E-state index contributed by atoms with van der Waals surface area (Å²) in [6, 6.07) is 21.7. The lowest BCUT2D eigenvalue weighted by Crippen LogP contribution is -2.54. The average Bonchev–Trinajstić information content (AvgIpc) is 3.77. The van der Waals surface area contributed by atoms with Crippen molar-refractivity contribution in [3.05, 3.63) is 94.2 Å². The van der Waals surface area contributed by atoms with Crippen LogP contribution in [-0.2, 0) is 49.0 Å². The molecule has 14 heteroatoms. The van der Waals surface area contributed by atoms with Crippen molar-refractivity contribution in [2.24, 2.45) is 5.92 Å². The molecule has 0 aliphatic carbocycles. The topological polar surface area (TPSA) is 136 Å². The summed E-state index contributed by atoms with van der Waals surface area (Å²) in [6.07, 6.45) is 2.10. The number of aromatic nitrogens is 3. The van der Waals surface area contributed by atoms with Gasteiger partial charge >= 0.3 is 5.97 Å². The van der Waals surface area contributed by atoms with Crippen molar-refractivity contribution in [3.8, 4) is 5.75 Å². The van der Waals surface area contributed by atoms with Crippen molar-refractivity contribution in [2.45, 2.75) is 82.8 Å². The molecular weight excluding hydrogens is 758 g/mol. The van der Waals surface area contributed by atoms with E-state index in [0.717, 1.165) is 32.7 Å². The number of ether oxygens (including phenoxy) is 3. The Bertz CT molecular complexity index is 2040. The first-order valence-electron chi connectivity index (χ1n) is 17.9. The van der Waals surface area contributed by atoms with Gasteiger partial charge in [-0.25, -0.2) is 0 Å². The van der Waals surface area contributed by atoms with Crippen LogP contribution in [0.1, 0.15) is 43.5 Å². The van der Waals surface area contributed by atoms with Crippen molar-refractivity contribution < 1.29 is 33.7 Å². The number of aliphatic hydroxyl groups is 1. The summed E-state index contributed by atoms with van der Waals surface area (Å²) in [7, 11) is -0.705. The Labute approximate surface area is 318 Å². The van der Waals surface area contributed by atoms with E-state index in [-0.39, 0.29) is 48.9 Å². The first-order valence-corrected chi connectivity index (χ1v) is 21.8. The van der Waals surface area contributed by atoms with E-state index in [2.05, 4.69) is 58.4 Å². The van der Waals surface area contributed by atoms with Crippen LogP contribution in [-0.4, -0.2) is 72.0 Å². The molecule has 5 atom stereocenters. The van der Waals surface area contributed by atoms with Crippen molar-refractivity contribution in [3.63, 3.8) is 0 Å². The summed E-state index contributed by atoms with van der Waals surface area (Å²) in [6.45, 7) is 8.98. The number of aryl methyl sites for hydroxylation is 1. The van der Waals surface area contributed by atoms with E-state index in [1.807, 2.05) is 54.7 Å². The fourth-order valence-electron chi connectivity index (χ4n) is 8.62. The highest BCUT2D eigenvalue weighted by molar-refractivity contribution is 9.10. The molecule has 1 spiro atoms. The number of aliphatic hydroxyl groups excluding tert-OH is 1. The van der Waals surface area contributed by atoms with Gasteiger partial charge in [-0.05, 0) is 60.0 Å². The van der Waals surface area contributed by atoms with Crippen LogP contribution < -0.4 is 19.7 Å². The Morgan fingerprint density at radius 3 is 2.58 bits per heavy atom. The van der Waals surface area contributed by atoms with Gasteiger partial charge in [-0.15, -0.1) is 5.10 Å². The number of halogens is 1. The van der Waals surface area contributed by atoms with E-state index >= 15 is 4.79 Å². The summed E-state index contributed by atoms with van der Waals surface area (Å²) in [4.78, 5) is 42.8. The Morgan fingerprint density at radius 2 is 1.89 bits per heavy atom. The fraction of sp³-hybridized carbons (Fsp3) is 0.410. The van der Waals surface area contributed by atoms with Gasteiger partial charge in [-0.3, -0.25) is 24.0 Å². The predicted molar refractivity (Wildman–Crippen MR) is 204 cm³/mol. The monoisotopic (exact) mass is 801 g/mol. The molecule has 0 bridgehead atoms. The Hall–Kier alpha value is -4.37. The van der Waals surface area contributed by atoms with Crippen LogP contribution in [0.3, 0.4) is 0 Å². The zero-order chi connectivity index (χ0) is 37.7. The highest BCUT2D eigenvalue weighted by Gasteiger charge is 2.66. The number of nitrogens with zero attached hydrogens (tertiary/aromatic N) is 5. The second kappa shape index (κ2) is 14.5. The number of carbonyl (C=O) groups excluding carboxylic acids is 3. The molecule has 0 radical (unpaired) electrons. The smallest absolute Gasteiger partial charge is 0.304 e. The number of anilines is 2. The fourth-order valence-corrected chi connectivity index (χ4v) is 13.0. The lowest BCUT2D eigenvalue weighted by atomic mass is 9.82. The van der Waals surface area contributed by atoms with Gasteiger partial charge in [0.2, 0.25) is 5.91 Å². The molecular formula is C39H44BrN5O7Si. The number of hydrogen-bond acceptors (Lipinski definition) is 9. The number of amides is 2. The summed E-state index contributed by atoms with van der Waals surface area (Å²) in [5.74, 6) is -0.120. The van der Waals surface area contributed by atoms with Gasteiger partial charge in [0.1, 0.15) is 5.75 Å². The predicted octanol–water partition coefficient (Wildman–Crippen LogP) is 5.06. The zero-order valence-corrected chi connectivity index (χ0v) is 33.1. The highest BCUT2D eigenvalue weighted by Crippen LogP contribution is 2.60. The number of esters is 1. The maximum Gasteiger partial charge on any atom is 0.304 e. The van der Waals surface area contributed by atoms with E-state index in [0.29, 0.717) is 25.1 Å². The van der Waals surface area contributed by atoms with Gasteiger partial charge in [-0.2, -0.15) is 0 Å². The summed E-state index contributed by atoms with van der Waals surface area (Å²) in [5.41, 5.74) is 2.54. The number of rotatable bonds is 12. The molecule has 53 heavy (non-hydrogen) atoms. The van der Waals surface area contributed by atoms with E-state index < -0.39 is 25.9 Å². The van der Waals surface area contributed by atoms with Crippen LogP contribution in [0.4, 0.5) is 11.4 Å². The van der Waals surface area contributed by atoms with Gasteiger partial charge in [-0.1, -0.05) is 70.6 Å². The molecule has 3 aliphatic heterocycles. The third-order valence-electron chi connectivity index (χ3n) is 11.1. The highest BCUT2D eigenvalue weighted by atomic mass is 79.9. The largest absolute Gasteiger partial charge is 0.497 e. The SMILES string of the molecule is COc1ccc([Si](C)(C)[C@H]2[C@H](CCn3cc(CCO)nn3)O[C@@]3(C(=O)N(Cc4cccc(N5C(=O)CC5OC(C)=O)c4)c4ccc(Br)cc43)[C@@H]2C)cc1. The molecule has 278 valence electrons. The minimum Gasteiger partial charge on any atom is -0.497 e. The molecule has 7 rings (SSSR count). The Kier molecular flexibility index (Phi) is 10.1. The van der Waals surface area contributed by atoms with Gasteiger partial charge in [0.25, 0.3) is 5.91 Å². The van der Waals surface area contributed by atoms with Crippen LogP contribution in [0.2, 0.25) is 18.6 Å². The number of fused-ring (bicyclic) bond motifs is 2. The van der Waals surface area contributed by atoms with Crippen molar-refractivity contribution in [1.82, 2.24) is 15.0 Å². The minimum absolute atomic E-state index is 0.00274. The molecule has 0 saturated carbocycles. The normalized spacial score (nSPS) is 23.8. The molecule has 12 nitrogen and oxygen atoms in total. The van der Waals surface area contributed by atoms with Crippen LogP contribution in [0.5, 0.6) is 5.75 Å². The maximum absolute atomic E-state index is 15.2. The first kappa shape index (κ1) is 37.0. The maximum atomic E-state index is 15.2. The number of hydrogen-bond donors (Lipinski definition) is 1. The molecule has 3 aromatic carbocycles. The van der Waals surface area contributed by atoms with Gasteiger partial charge in [0.15, 0.2) is 11.8 Å². The first-order chi connectivity index (χ1) is 25.4. The molecule has 2 fully saturated rings. The van der Waals surface area contributed by atoms with E-state index in [4.69, 9.17) is 14.2 Å². The molecule has 4 heterocycles. The van der Waals surface area contributed by atoms with Gasteiger partial charge < -0.3 is 24.2 Å². The zero-order valence-electron chi connectivity index (χ0n) is 30.5. The van der Waals surface area contributed by atoms with Crippen molar-refractivity contribution >= 4 is 58.3 Å².